The second-order valence-electron chi connectivity index (χ2n) is 4.45. The van der Waals surface area contributed by atoms with Gasteiger partial charge in [-0.2, -0.15) is 13.2 Å². The van der Waals surface area contributed by atoms with Crippen LogP contribution in [0.4, 0.5) is 13.2 Å². The van der Waals surface area contributed by atoms with Crippen LogP contribution in [0.25, 0.3) is 0 Å². The zero-order chi connectivity index (χ0) is 13.9. The number of hydrogen-bond acceptors (Lipinski definition) is 3. The number of nitrogens with zero attached hydrogens (tertiary/aromatic N) is 1. The van der Waals surface area contributed by atoms with E-state index >= 15 is 0 Å². The average molecular weight is 273 g/mol. The molecule has 0 unspecified atom stereocenters. The van der Waals surface area contributed by atoms with Crippen LogP contribution in [-0.2, 0) is 6.18 Å². The summed E-state index contributed by atoms with van der Waals surface area (Å²) in [6.45, 7) is 1.61. The van der Waals surface area contributed by atoms with Crippen LogP contribution in [0, 0.1) is 0 Å². The van der Waals surface area contributed by atoms with Crippen molar-refractivity contribution in [3.05, 3.63) is 29.6 Å². The Morgan fingerprint density at radius 2 is 2.21 bits per heavy atom. The lowest BCUT2D eigenvalue weighted by molar-refractivity contribution is -0.141. The van der Waals surface area contributed by atoms with E-state index < -0.39 is 17.8 Å². The molecule has 7 heteroatoms. The third kappa shape index (κ3) is 3.66. The number of rotatable bonds is 2. The predicted molar refractivity (Wildman–Crippen MR) is 62.6 cm³/mol. The maximum absolute atomic E-state index is 12.3. The molecule has 1 saturated heterocycles. The topological polar surface area (TPSA) is 54.0 Å². The first kappa shape index (κ1) is 13.8. The van der Waals surface area contributed by atoms with Crippen molar-refractivity contribution in [2.45, 2.75) is 25.1 Å². The van der Waals surface area contributed by atoms with Gasteiger partial charge < -0.3 is 10.6 Å². The first-order valence-electron chi connectivity index (χ1n) is 6.01. The molecule has 19 heavy (non-hydrogen) atoms. The summed E-state index contributed by atoms with van der Waals surface area (Å²) < 4.78 is 37.0. The van der Waals surface area contributed by atoms with Crippen LogP contribution in [0.1, 0.15) is 28.9 Å². The molecule has 0 radical (unpaired) electrons. The van der Waals surface area contributed by atoms with Crippen LogP contribution >= 0.6 is 0 Å². The van der Waals surface area contributed by atoms with Gasteiger partial charge >= 0.3 is 6.18 Å². The van der Waals surface area contributed by atoms with Gasteiger partial charge in [-0.25, -0.2) is 0 Å². The SMILES string of the molecule is O=C(N[C@@H]1CCCNC1)c1ccc(C(F)(F)F)nc1. The molecular weight excluding hydrogens is 259 g/mol. The molecule has 104 valence electrons. The number of piperidine rings is 1. The molecule has 2 N–H and O–H groups in total. The minimum Gasteiger partial charge on any atom is -0.348 e. The lowest BCUT2D eigenvalue weighted by Gasteiger charge is -2.23. The van der Waals surface area contributed by atoms with Gasteiger partial charge in [-0.05, 0) is 31.5 Å². The van der Waals surface area contributed by atoms with Crippen LogP contribution in [-0.4, -0.2) is 30.0 Å². The highest BCUT2D eigenvalue weighted by atomic mass is 19.4. The molecule has 1 aromatic rings. The first-order valence-corrected chi connectivity index (χ1v) is 6.01. The monoisotopic (exact) mass is 273 g/mol. The van der Waals surface area contributed by atoms with E-state index in [2.05, 4.69) is 15.6 Å². The highest BCUT2D eigenvalue weighted by molar-refractivity contribution is 5.94. The Kier molecular flexibility index (Phi) is 4.04. The molecule has 1 aromatic heterocycles. The summed E-state index contributed by atoms with van der Waals surface area (Å²) in [4.78, 5) is 15.1. The van der Waals surface area contributed by atoms with Gasteiger partial charge in [0, 0.05) is 18.8 Å². The van der Waals surface area contributed by atoms with Crippen molar-refractivity contribution in [3.8, 4) is 0 Å². The van der Waals surface area contributed by atoms with Crippen molar-refractivity contribution < 1.29 is 18.0 Å². The van der Waals surface area contributed by atoms with Gasteiger partial charge in [0.25, 0.3) is 5.91 Å². The third-order valence-corrected chi connectivity index (χ3v) is 2.95. The summed E-state index contributed by atoms with van der Waals surface area (Å²) in [5.41, 5.74) is -0.859. The fraction of sp³-hybridized carbons (Fsp3) is 0.500. The van der Waals surface area contributed by atoms with E-state index in [-0.39, 0.29) is 11.6 Å². The molecule has 1 aliphatic heterocycles. The van der Waals surface area contributed by atoms with Gasteiger partial charge in [-0.3, -0.25) is 9.78 Å². The van der Waals surface area contributed by atoms with Gasteiger partial charge in [0.1, 0.15) is 5.69 Å². The van der Waals surface area contributed by atoms with E-state index in [9.17, 15) is 18.0 Å². The molecule has 0 saturated carbocycles. The summed E-state index contributed by atoms with van der Waals surface area (Å²) in [6, 6.07) is 1.97. The van der Waals surface area contributed by atoms with E-state index in [4.69, 9.17) is 0 Å². The molecule has 1 fully saturated rings. The summed E-state index contributed by atoms with van der Waals surface area (Å²) >= 11 is 0. The molecule has 0 bridgehead atoms. The summed E-state index contributed by atoms with van der Waals surface area (Å²) in [5, 5.41) is 5.91. The fourth-order valence-electron chi connectivity index (χ4n) is 1.94. The lowest BCUT2D eigenvalue weighted by atomic mass is 10.1. The molecule has 4 nitrogen and oxygen atoms in total. The summed E-state index contributed by atoms with van der Waals surface area (Å²) in [6.07, 6.45) is -1.69. The Balaban J connectivity index is 1.99. The number of halogens is 3. The first-order chi connectivity index (χ1) is 8.97. The normalized spacial score (nSPS) is 20.1. The largest absolute Gasteiger partial charge is 0.433 e. The number of carbonyl (C=O) groups is 1. The standard InChI is InChI=1S/C12H14F3N3O/c13-12(14,15)10-4-3-8(6-17-10)11(19)18-9-2-1-5-16-7-9/h3-4,6,9,16H,1-2,5,7H2,(H,18,19)/t9-/m1/s1. The highest BCUT2D eigenvalue weighted by Gasteiger charge is 2.32. The van der Waals surface area contributed by atoms with E-state index in [1.54, 1.807) is 0 Å². The minimum atomic E-state index is -4.48. The second kappa shape index (κ2) is 5.56. The van der Waals surface area contributed by atoms with Crippen molar-refractivity contribution in [1.82, 2.24) is 15.6 Å². The maximum atomic E-state index is 12.3. The van der Waals surface area contributed by atoms with Crippen molar-refractivity contribution >= 4 is 5.91 Å². The number of nitrogens with one attached hydrogen (secondary N) is 2. The fourth-order valence-corrected chi connectivity index (χ4v) is 1.94. The smallest absolute Gasteiger partial charge is 0.348 e. The van der Waals surface area contributed by atoms with Crippen molar-refractivity contribution in [2.24, 2.45) is 0 Å². The number of hydrogen-bond donors (Lipinski definition) is 2. The molecule has 1 amide bonds. The van der Waals surface area contributed by atoms with E-state index in [1.165, 1.54) is 0 Å². The molecule has 1 atom stereocenters. The zero-order valence-electron chi connectivity index (χ0n) is 10.1. The van der Waals surface area contributed by atoms with Gasteiger partial charge in [0.15, 0.2) is 0 Å². The molecular formula is C12H14F3N3O. The quantitative estimate of drug-likeness (QED) is 0.860. The number of alkyl halides is 3. The Hall–Kier alpha value is -1.63. The van der Waals surface area contributed by atoms with Gasteiger partial charge in [0.05, 0.1) is 5.56 Å². The molecule has 1 aliphatic rings. The van der Waals surface area contributed by atoms with Crippen molar-refractivity contribution in [3.63, 3.8) is 0 Å². The van der Waals surface area contributed by atoms with E-state index in [0.29, 0.717) is 6.54 Å². The Morgan fingerprint density at radius 1 is 1.42 bits per heavy atom. The number of carbonyl (C=O) groups excluding carboxylic acids is 1. The summed E-state index contributed by atoms with van der Waals surface area (Å²) in [7, 11) is 0. The Bertz CT molecular complexity index is 439. The number of aromatic nitrogens is 1. The van der Waals surface area contributed by atoms with Gasteiger partial charge in [0.2, 0.25) is 0 Å². The van der Waals surface area contributed by atoms with Crippen LogP contribution in [0.15, 0.2) is 18.3 Å². The van der Waals surface area contributed by atoms with E-state index in [1.807, 2.05) is 0 Å². The van der Waals surface area contributed by atoms with Crippen LogP contribution in [0.3, 0.4) is 0 Å². The van der Waals surface area contributed by atoms with Crippen LogP contribution in [0.2, 0.25) is 0 Å². The van der Waals surface area contributed by atoms with Crippen molar-refractivity contribution in [1.29, 1.82) is 0 Å². The number of amides is 1. The number of pyridine rings is 1. The zero-order valence-corrected chi connectivity index (χ0v) is 10.1. The van der Waals surface area contributed by atoms with Crippen LogP contribution < -0.4 is 10.6 Å². The maximum Gasteiger partial charge on any atom is 0.433 e. The average Bonchev–Trinajstić information content (AvgIpc) is 2.39. The molecule has 0 aliphatic carbocycles. The van der Waals surface area contributed by atoms with Crippen molar-refractivity contribution in [2.75, 3.05) is 13.1 Å². The predicted octanol–water partition coefficient (Wildman–Crippen LogP) is 1.58. The minimum absolute atomic E-state index is 0.0172. The molecule has 0 spiro atoms. The summed E-state index contributed by atoms with van der Waals surface area (Å²) in [5.74, 6) is -0.394. The molecule has 2 heterocycles. The molecule has 0 aromatic carbocycles. The highest BCUT2D eigenvalue weighted by Crippen LogP contribution is 2.27. The van der Waals surface area contributed by atoms with Gasteiger partial charge in [-0.1, -0.05) is 0 Å². The van der Waals surface area contributed by atoms with Crippen LogP contribution in [0.5, 0.6) is 0 Å². The Morgan fingerprint density at radius 3 is 2.74 bits per heavy atom. The third-order valence-electron chi connectivity index (χ3n) is 2.95. The lowest BCUT2D eigenvalue weighted by Crippen LogP contribution is -2.45. The van der Waals surface area contributed by atoms with E-state index in [0.717, 1.165) is 37.7 Å². The Labute approximate surface area is 108 Å². The van der Waals surface area contributed by atoms with Gasteiger partial charge in [-0.15, -0.1) is 0 Å². The molecule has 2 rings (SSSR count). The second-order valence-corrected chi connectivity index (χ2v) is 4.45.